The van der Waals surface area contributed by atoms with Crippen LogP contribution in [0.2, 0.25) is 0 Å². The van der Waals surface area contributed by atoms with Crippen molar-refractivity contribution in [2.45, 2.75) is 19.9 Å². The molecule has 5 nitrogen and oxygen atoms in total. The fourth-order valence-corrected chi connectivity index (χ4v) is 2.42. The lowest BCUT2D eigenvalue weighted by Gasteiger charge is -2.17. The topological polar surface area (TPSA) is 47.4 Å². The Bertz CT molecular complexity index is 419. The van der Waals surface area contributed by atoms with Crippen molar-refractivity contribution in [2.24, 2.45) is 0 Å². The largest absolute Gasteiger partial charge is 0.461 e. The van der Waals surface area contributed by atoms with Gasteiger partial charge in [-0.1, -0.05) is 0 Å². The summed E-state index contributed by atoms with van der Waals surface area (Å²) in [5.74, 6) is 1.30. The second-order valence-electron chi connectivity index (χ2n) is 4.21. The zero-order chi connectivity index (χ0) is 13.0. The van der Waals surface area contributed by atoms with Crippen molar-refractivity contribution in [2.75, 3.05) is 32.1 Å². The van der Waals surface area contributed by atoms with E-state index < -0.39 is 0 Å². The molecule has 0 saturated carbocycles. The van der Waals surface area contributed by atoms with Crippen molar-refractivity contribution in [3.05, 3.63) is 17.7 Å². The Morgan fingerprint density at radius 1 is 1.50 bits per heavy atom. The van der Waals surface area contributed by atoms with Gasteiger partial charge < -0.3 is 9.30 Å². The smallest absolute Gasteiger partial charge is 0.356 e. The number of fused-ring (bicyclic) bond motifs is 1. The molecule has 0 unspecified atom stereocenters. The maximum absolute atomic E-state index is 11.8. The molecule has 0 radical (unpaired) electrons. The number of ether oxygens (including phenoxy) is 1. The number of hydrogen-bond donors (Lipinski definition) is 0. The molecular formula is C12H18ClN3O2. The van der Waals surface area contributed by atoms with Crippen molar-refractivity contribution < 1.29 is 9.53 Å². The Morgan fingerprint density at radius 2 is 2.33 bits per heavy atom. The lowest BCUT2D eigenvalue weighted by atomic mass is 10.4. The monoisotopic (exact) mass is 271 g/mol. The molecule has 0 aliphatic carbocycles. The van der Waals surface area contributed by atoms with E-state index in [1.165, 1.54) is 0 Å². The van der Waals surface area contributed by atoms with E-state index in [9.17, 15) is 4.79 Å². The van der Waals surface area contributed by atoms with Gasteiger partial charge >= 0.3 is 5.97 Å². The zero-order valence-corrected chi connectivity index (χ0v) is 11.3. The summed E-state index contributed by atoms with van der Waals surface area (Å²) in [5.41, 5.74) is 0.555. The minimum absolute atomic E-state index is 0.290. The Morgan fingerprint density at radius 3 is 3.06 bits per heavy atom. The number of aromatic nitrogens is 2. The molecule has 0 amide bonds. The first-order valence-corrected chi connectivity index (χ1v) is 6.79. The highest BCUT2D eigenvalue weighted by molar-refractivity contribution is 6.18. The first-order chi connectivity index (χ1) is 8.76. The van der Waals surface area contributed by atoms with Gasteiger partial charge in [-0.25, -0.2) is 9.78 Å². The summed E-state index contributed by atoms with van der Waals surface area (Å²) in [6.45, 7) is 5.66. The molecule has 18 heavy (non-hydrogen) atoms. The number of imidazole rings is 1. The molecule has 100 valence electrons. The molecule has 6 heteroatoms. The number of carbonyl (C=O) groups is 1. The van der Waals surface area contributed by atoms with Gasteiger partial charge in [-0.3, -0.25) is 4.90 Å². The first-order valence-electron chi connectivity index (χ1n) is 6.26. The summed E-state index contributed by atoms with van der Waals surface area (Å²) in [7, 11) is 0. The molecule has 0 bridgehead atoms. The molecule has 2 heterocycles. The maximum atomic E-state index is 11.8. The van der Waals surface area contributed by atoms with Crippen LogP contribution in [-0.2, 0) is 17.7 Å². The summed E-state index contributed by atoms with van der Waals surface area (Å²) in [6, 6.07) is 0. The Kier molecular flexibility index (Phi) is 4.60. The van der Waals surface area contributed by atoms with Crippen LogP contribution in [0.3, 0.4) is 0 Å². The summed E-state index contributed by atoms with van der Waals surface area (Å²) in [6.07, 6.45) is 2.46. The van der Waals surface area contributed by atoms with E-state index in [0.717, 1.165) is 38.4 Å². The fourth-order valence-electron chi connectivity index (χ4n) is 2.19. The molecule has 1 aromatic heterocycles. The van der Waals surface area contributed by atoms with Crippen LogP contribution >= 0.6 is 11.6 Å². The van der Waals surface area contributed by atoms with Crippen LogP contribution in [-0.4, -0.2) is 52.5 Å². The Labute approximate surface area is 112 Å². The van der Waals surface area contributed by atoms with Crippen LogP contribution in [0.15, 0.2) is 6.20 Å². The van der Waals surface area contributed by atoms with E-state index in [0.29, 0.717) is 18.2 Å². The third-order valence-corrected chi connectivity index (χ3v) is 3.28. The number of esters is 1. The van der Waals surface area contributed by atoms with E-state index in [-0.39, 0.29) is 5.97 Å². The molecule has 1 aliphatic rings. The SMILES string of the molecule is CCOC(=O)c1cnc2n1CCN(CCCl)CC2. The Balaban J connectivity index is 2.11. The van der Waals surface area contributed by atoms with Crippen LogP contribution in [0, 0.1) is 0 Å². The number of halogens is 1. The van der Waals surface area contributed by atoms with E-state index in [2.05, 4.69) is 9.88 Å². The standard InChI is InChI=1S/C12H18ClN3O2/c1-2-18-12(17)10-9-14-11-3-5-15(6-4-13)7-8-16(10)11/h9H,2-8H2,1H3. The number of alkyl halides is 1. The predicted molar refractivity (Wildman–Crippen MR) is 69.0 cm³/mol. The van der Waals surface area contributed by atoms with Crippen molar-refractivity contribution in [3.63, 3.8) is 0 Å². The molecular weight excluding hydrogens is 254 g/mol. The number of nitrogens with zero attached hydrogens (tertiary/aromatic N) is 3. The van der Waals surface area contributed by atoms with Crippen LogP contribution in [0.25, 0.3) is 0 Å². The molecule has 0 N–H and O–H groups in total. The van der Waals surface area contributed by atoms with Gasteiger partial charge in [0.05, 0.1) is 12.8 Å². The van der Waals surface area contributed by atoms with E-state index in [4.69, 9.17) is 16.3 Å². The molecule has 0 spiro atoms. The van der Waals surface area contributed by atoms with E-state index in [1.54, 1.807) is 13.1 Å². The van der Waals surface area contributed by atoms with Gasteiger partial charge in [0.25, 0.3) is 0 Å². The fraction of sp³-hybridized carbons (Fsp3) is 0.667. The van der Waals surface area contributed by atoms with Gasteiger partial charge in [-0.2, -0.15) is 0 Å². The number of hydrogen-bond acceptors (Lipinski definition) is 4. The summed E-state index contributed by atoms with van der Waals surface area (Å²) >= 11 is 5.76. The predicted octanol–water partition coefficient (Wildman–Crippen LogP) is 1.16. The summed E-state index contributed by atoms with van der Waals surface area (Å²) < 4.78 is 7.00. The van der Waals surface area contributed by atoms with E-state index in [1.807, 2.05) is 4.57 Å². The molecule has 0 atom stereocenters. The quantitative estimate of drug-likeness (QED) is 0.609. The lowest BCUT2D eigenvalue weighted by molar-refractivity contribution is 0.0513. The van der Waals surface area contributed by atoms with Gasteiger partial charge in [-0.05, 0) is 6.92 Å². The lowest BCUT2D eigenvalue weighted by Crippen LogP contribution is -2.29. The molecule has 0 fully saturated rings. The third kappa shape index (κ3) is 2.84. The van der Waals surface area contributed by atoms with Gasteiger partial charge in [0.2, 0.25) is 0 Å². The number of rotatable bonds is 4. The van der Waals surface area contributed by atoms with Gasteiger partial charge in [0.1, 0.15) is 11.5 Å². The molecule has 0 saturated heterocycles. The molecule has 1 aliphatic heterocycles. The van der Waals surface area contributed by atoms with E-state index >= 15 is 0 Å². The van der Waals surface area contributed by atoms with Crippen LogP contribution in [0.5, 0.6) is 0 Å². The van der Waals surface area contributed by atoms with Crippen LogP contribution in [0.4, 0.5) is 0 Å². The van der Waals surface area contributed by atoms with Gasteiger partial charge in [0, 0.05) is 38.5 Å². The number of carbonyl (C=O) groups excluding carboxylic acids is 1. The first kappa shape index (κ1) is 13.4. The molecule has 1 aromatic rings. The van der Waals surface area contributed by atoms with Crippen molar-refractivity contribution in [1.29, 1.82) is 0 Å². The molecule has 0 aromatic carbocycles. The second-order valence-corrected chi connectivity index (χ2v) is 4.59. The van der Waals surface area contributed by atoms with Crippen LogP contribution < -0.4 is 0 Å². The second kappa shape index (κ2) is 6.20. The van der Waals surface area contributed by atoms with Crippen molar-refractivity contribution >= 4 is 17.6 Å². The van der Waals surface area contributed by atoms with Crippen molar-refractivity contribution in [1.82, 2.24) is 14.5 Å². The highest BCUT2D eigenvalue weighted by atomic mass is 35.5. The van der Waals surface area contributed by atoms with Crippen molar-refractivity contribution in [3.8, 4) is 0 Å². The third-order valence-electron chi connectivity index (χ3n) is 3.12. The normalized spacial score (nSPS) is 16.1. The minimum Gasteiger partial charge on any atom is -0.461 e. The van der Waals surface area contributed by atoms with Gasteiger partial charge in [0.15, 0.2) is 0 Å². The summed E-state index contributed by atoms with van der Waals surface area (Å²) in [4.78, 5) is 18.4. The summed E-state index contributed by atoms with van der Waals surface area (Å²) in [5, 5.41) is 0. The zero-order valence-electron chi connectivity index (χ0n) is 10.6. The Hall–Kier alpha value is -1.07. The van der Waals surface area contributed by atoms with Gasteiger partial charge in [-0.15, -0.1) is 11.6 Å². The average Bonchev–Trinajstić information content (AvgIpc) is 2.66. The highest BCUT2D eigenvalue weighted by Gasteiger charge is 2.21. The average molecular weight is 272 g/mol. The highest BCUT2D eigenvalue weighted by Crippen LogP contribution is 2.12. The molecule has 2 rings (SSSR count). The van der Waals surface area contributed by atoms with Crippen LogP contribution in [0.1, 0.15) is 23.2 Å². The maximum Gasteiger partial charge on any atom is 0.356 e. The minimum atomic E-state index is -0.290.